The Morgan fingerprint density at radius 3 is 1.44 bits per heavy atom. The van der Waals surface area contributed by atoms with E-state index in [-0.39, 0.29) is 0 Å². The first-order valence-electron chi connectivity index (χ1n) is 7.77. The molecule has 0 unspecified atom stereocenters. The van der Waals surface area contributed by atoms with Gasteiger partial charge in [0.05, 0.1) is 0 Å². The summed E-state index contributed by atoms with van der Waals surface area (Å²) in [7, 11) is 0. The minimum atomic E-state index is -0.911. The summed E-state index contributed by atoms with van der Waals surface area (Å²) in [5, 5.41) is 18.3. The summed E-state index contributed by atoms with van der Waals surface area (Å²) >= 11 is 4.19. The summed E-state index contributed by atoms with van der Waals surface area (Å²) in [6.07, 6.45) is 1.71. The number of carboxylic acids is 2. The normalized spacial score (nSPS) is 11.0. The lowest BCUT2D eigenvalue weighted by Gasteiger charge is -2.03. The molecule has 0 aromatic carbocycles. The van der Waals surface area contributed by atoms with Gasteiger partial charge in [0.15, 0.2) is 0 Å². The minimum Gasteiger partial charge on any atom is -0.477 e. The molecular formula is C18H16O4S3. The summed E-state index contributed by atoms with van der Waals surface area (Å²) in [6.45, 7) is 4.19. The second-order valence-electron chi connectivity index (χ2n) is 5.36. The molecule has 0 fully saturated rings. The molecule has 4 nitrogen and oxygen atoms in total. The Labute approximate surface area is 157 Å². The Morgan fingerprint density at radius 1 is 0.760 bits per heavy atom. The molecule has 0 aliphatic carbocycles. The van der Waals surface area contributed by atoms with Crippen molar-refractivity contribution < 1.29 is 19.8 Å². The summed E-state index contributed by atoms with van der Waals surface area (Å²) < 4.78 is 0. The Hall–Kier alpha value is -1.96. The third-order valence-electron chi connectivity index (χ3n) is 3.90. The highest BCUT2D eigenvalue weighted by atomic mass is 32.1. The SMILES string of the molecule is CCc1c(-c2ccc(C(=O)O)s2)sc(-c2ccc(C(=O)O)s2)c1CC. The second kappa shape index (κ2) is 7.11. The fourth-order valence-electron chi connectivity index (χ4n) is 2.79. The quantitative estimate of drug-likeness (QED) is 0.562. The zero-order chi connectivity index (χ0) is 18.1. The minimum absolute atomic E-state index is 0.328. The highest BCUT2D eigenvalue weighted by molar-refractivity contribution is 7.27. The van der Waals surface area contributed by atoms with Crippen molar-refractivity contribution in [3.8, 4) is 19.5 Å². The number of thiophene rings is 3. The summed E-state index contributed by atoms with van der Waals surface area (Å²) in [5.41, 5.74) is 2.46. The smallest absolute Gasteiger partial charge is 0.345 e. The number of rotatable bonds is 6. The fraction of sp³-hybridized carbons (Fsp3) is 0.222. The van der Waals surface area contributed by atoms with Crippen LogP contribution in [0, 0.1) is 0 Å². The molecule has 0 amide bonds. The summed E-state index contributed by atoms with van der Waals surface area (Å²) in [6, 6.07) is 7.00. The van der Waals surface area contributed by atoms with E-state index in [1.54, 1.807) is 23.5 Å². The molecule has 0 saturated carbocycles. The van der Waals surface area contributed by atoms with Gasteiger partial charge in [-0.3, -0.25) is 0 Å². The first-order chi connectivity index (χ1) is 12.0. The van der Waals surface area contributed by atoms with Crippen molar-refractivity contribution in [3.63, 3.8) is 0 Å². The maximum absolute atomic E-state index is 11.2. The van der Waals surface area contributed by atoms with Crippen molar-refractivity contribution in [2.24, 2.45) is 0 Å². The molecule has 0 saturated heterocycles. The van der Waals surface area contributed by atoms with Crippen LogP contribution in [-0.4, -0.2) is 22.2 Å². The molecule has 0 spiro atoms. The van der Waals surface area contributed by atoms with Crippen LogP contribution in [-0.2, 0) is 12.8 Å². The number of hydrogen-bond acceptors (Lipinski definition) is 5. The van der Waals surface area contributed by atoms with Crippen LogP contribution in [0.2, 0.25) is 0 Å². The van der Waals surface area contributed by atoms with Crippen LogP contribution in [0.15, 0.2) is 24.3 Å². The molecule has 0 aliphatic rings. The summed E-state index contributed by atoms with van der Waals surface area (Å²) in [4.78, 5) is 27.1. The van der Waals surface area contributed by atoms with Crippen molar-refractivity contribution in [2.45, 2.75) is 26.7 Å². The Balaban J connectivity index is 2.14. The first-order valence-corrected chi connectivity index (χ1v) is 10.2. The maximum atomic E-state index is 11.2. The fourth-order valence-corrected chi connectivity index (χ4v) is 6.24. The Morgan fingerprint density at radius 2 is 1.16 bits per heavy atom. The molecule has 2 N–H and O–H groups in total. The molecule has 7 heteroatoms. The molecule has 25 heavy (non-hydrogen) atoms. The van der Waals surface area contributed by atoms with Crippen LogP contribution < -0.4 is 0 Å². The van der Waals surface area contributed by atoms with Gasteiger partial charge in [-0.25, -0.2) is 9.59 Å². The van der Waals surface area contributed by atoms with Crippen molar-refractivity contribution >= 4 is 45.9 Å². The average Bonchev–Trinajstić information content (AvgIpc) is 3.30. The number of aromatic carboxylic acids is 2. The predicted octanol–water partition coefficient (Wildman–Crippen LogP) is 5.73. The van der Waals surface area contributed by atoms with E-state index in [2.05, 4.69) is 13.8 Å². The molecule has 0 bridgehead atoms. The summed E-state index contributed by atoms with van der Waals surface area (Å²) in [5.74, 6) is -1.82. The number of hydrogen-bond donors (Lipinski definition) is 2. The van der Waals surface area contributed by atoms with Crippen molar-refractivity contribution in [3.05, 3.63) is 45.1 Å². The molecule has 3 heterocycles. The maximum Gasteiger partial charge on any atom is 0.345 e. The monoisotopic (exact) mass is 392 g/mol. The Kier molecular flexibility index (Phi) is 5.08. The third-order valence-corrected chi connectivity index (χ3v) is 7.69. The lowest BCUT2D eigenvalue weighted by Crippen LogP contribution is -1.90. The van der Waals surface area contributed by atoms with E-state index in [4.69, 9.17) is 0 Å². The first kappa shape index (κ1) is 17.8. The van der Waals surface area contributed by atoms with Crippen LogP contribution in [0.1, 0.15) is 44.3 Å². The predicted molar refractivity (Wildman–Crippen MR) is 104 cm³/mol. The van der Waals surface area contributed by atoms with E-state index in [9.17, 15) is 19.8 Å². The van der Waals surface area contributed by atoms with Gasteiger partial charge in [-0.2, -0.15) is 0 Å². The Bertz CT molecular complexity index is 871. The van der Waals surface area contributed by atoms with Gasteiger partial charge in [-0.1, -0.05) is 13.8 Å². The second-order valence-corrected chi connectivity index (χ2v) is 8.55. The van der Waals surface area contributed by atoms with Gasteiger partial charge < -0.3 is 10.2 Å². The molecule has 3 aromatic heterocycles. The van der Waals surface area contributed by atoms with Crippen LogP contribution in [0.3, 0.4) is 0 Å². The lowest BCUT2D eigenvalue weighted by molar-refractivity contribution is 0.0691. The zero-order valence-electron chi connectivity index (χ0n) is 13.7. The van der Waals surface area contributed by atoms with Crippen LogP contribution in [0.4, 0.5) is 0 Å². The largest absolute Gasteiger partial charge is 0.477 e. The topological polar surface area (TPSA) is 74.6 Å². The van der Waals surface area contributed by atoms with Crippen LogP contribution in [0.5, 0.6) is 0 Å². The van der Waals surface area contributed by atoms with E-state index in [1.807, 2.05) is 12.1 Å². The highest BCUT2D eigenvalue weighted by Gasteiger charge is 2.21. The standard InChI is InChI=1S/C18H16O4S3/c1-3-9-10(4-2)16(12-6-8-14(24-12)18(21)22)25-15(9)11-5-7-13(23-11)17(19)20/h5-8H,3-4H2,1-2H3,(H,19,20)(H,21,22). The molecule has 0 atom stereocenters. The average molecular weight is 393 g/mol. The van der Waals surface area contributed by atoms with Crippen molar-refractivity contribution in [1.82, 2.24) is 0 Å². The van der Waals surface area contributed by atoms with Gasteiger partial charge >= 0.3 is 11.9 Å². The molecule has 0 aliphatic heterocycles. The van der Waals surface area contributed by atoms with Crippen molar-refractivity contribution in [1.29, 1.82) is 0 Å². The van der Waals surface area contributed by atoms with Gasteiger partial charge in [0.25, 0.3) is 0 Å². The molecule has 3 rings (SSSR count). The third kappa shape index (κ3) is 3.27. The lowest BCUT2D eigenvalue weighted by atomic mass is 10.0. The van der Waals surface area contributed by atoms with Gasteiger partial charge in [-0.15, -0.1) is 34.0 Å². The van der Waals surface area contributed by atoms with Gasteiger partial charge in [0, 0.05) is 19.5 Å². The number of carbonyl (C=O) groups is 2. The highest BCUT2D eigenvalue weighted by Crippen LogP contribution is 2.46. The zero-order valence-corrected chi connectivity index (χ0v) is 16.1. The van der Waals surface area contributed by atoms with E-state index >= 15 is 0 Å². The van der Waals surface area contributed by atoms with E-state index in [0.29, 0.717) is 9.75 Å². The van der Waals surface area contributed by atoms with Gasteiger partial charge in [0.2, 0.25) is 0 Å². The van der Waals surface area contributed by atoms with Crippen LogP contribution >= 0.6 is 34.0 Å². The van der Waals surface area contributed by atoms with E-state index in [1.165, 1.54) is 33.8 Å². The molecule has 3 aromatic rings. The van der Waals surface area contributed by atoms with Crippen molar-refractivity contribution in [2.75, 3.05) is 0 Å². The van der Waals surface area contributed by atoms with E-state index in [0.717, 1.165) is 32.4 Å². The van der Waals surface area contributed by atoms with E-state index < -0.39 is 11.9 Å². The van der Waals surface area contributed by atoms with Gasteiger partial charge in [-0.05, 0) is 48.2 Å². The van der Waals surface area contributed by atoms with Crippen LogP contribution in [0.25, 0.3) is 19.5 Å². The number of carboxylic acid groups (broad SMARTS) is 2. The molecule has 130 valence electrons. The molecule has 0 radical (unpaired) electrons. The molecular weight excluding hydrogens is 376 g/mol. The van der Waals surface area contributed by atoms with Gasteiger partial charge in [0.1, 0.15) is 9.75 Å².